The van der Waals surface area contributed by atoms with Gasteiger partial charge in [-0.1, -0.05) is 23.7 Å². The number of hydrogen-bond donors (Lipinski definition) is 3. The minimum atomic E-state index is 0.399. The van der Waals surface area contributed by atoms with E-state index in [9.17, 15) is 0 Å². The lowest BCUT2D eigenvalue weighted by atomic mass is 10.1. The fraction of sp³-hybridized carbons (Fsp3) is 0.158. The predicted molar refractivity (Wildman–Crippen MR) is 107 cm³/mol. The highest BCUT2D eigenvalue weighted by atomic mass is 35.5. The van der Waals surface area contributed by atoms with Gasteiger partial charge >= 0.3 is 0 Å². The van der Waals surface area contributed by atoms with Crippen molar-refractivity contribution in [1.82, 2.24) is 9.97 Å². The highest BCUT2D eigenvalue weighted by molar-refractivity contribution is 6.31. The van der Waals surface area contributed by atoms with Gasteiger partial charge in [0, 0.05) is 10.7 Å². The summed E-state index contributed by atoms with van der Waals surface area (Å²) in [4.78, 5) is 8.50. The average molecular weight is 370 g/mol. The first kappa shape index (κ1) is 17.8. The largest absolute Gasteiger partial charge is 0.495 e. The number of benzene rings is 2. The van der Waals surface area contributed by atoms with Crippen molar-refractivity contribution in [3.8, 4) is 5.75 Å². The number of halogens is 1. The van der Waals surface area contributed by atoms with E-state index in [0.29, 0.717) is 33.8 Å². The summed E-state index contributed by atoms with van der Waals surface area (Å²) in [6.45, 7) is 4.06. The van der Waals surface area contributed by atoms with Gasteiger partial charge in [-0.3, -0.25) is 0 Å². The zero-order chi connectivity index (χ0) is 18.7. The van der Waals surface area contributed by atoms with Crippen molar-refractivity contribution in [1.29, 1.82) is 0 Å². The Morgan fingerprint density at radius 3 is 2.35 bits per heavy atom. The number of aromatic nitrogens is 2. The monoisotopic (exact) mass is 369 g/mol. The first-order chi connectivity index (χ1) is 12.5. The van der Waals surface area contributed by atoms with Crippen molar-refractivity contribution in [3.05, 3.63) is 58.9 Å². The summed E-state index contributed by atoms with van der Waals surface area (Å²) < 4.78 is 5.35. The maximum Gasteiger partial charge on any atom is 0.159 e. The third-order valence-corrected chi connectivity index (χ3v) is 4.18. The number of aryl methyl sites for hydroxylation is 2. The van der Waals surface area contributed by atoms with E-state index in [1.54, 1.807) is 25.3 Å². The van der Waals surface area contributed by atoms with E-state index in [4.69, 9.17) is 22.1 Å². The van der Waals surface area contributed by atoms with Gasteiger partial charge in [-0.25, -0.2) is 9.97 Å². The van der Waals surface area contributed by atoms with Gasteiger partial charge in [0.1, 0.15) is 17.8 Å². The molecule has 0 radical (unpaired) electrons. The molecule has 26 heavy (non-hydrogen) atoms. The second-order valence-corrected chi connectivity index (χ2v) is 6.33. The summed E-state index contributed by atoms with van der Waals surface area (Å²) in [7, 11) is 1.59. The second kappa shape index (κ2) is 7.49. The van der Waals surface area contributed by atoms with Crippen LogP contribution in [0.4, 0.5) is 28.7 Å². The third kappa shape index (κ3) is 3.81. The number of nitrogens with two attached hydrogens (primary N) is 1. The molecule has 0 aliphatic carbocycles. The lowest BCUT2D eigenvalue weighted by molar-refractivity contribution is 0.417. The molecular weight excluding hydrogens is 350 g/mol. The molecule has 1 aromatic heterocycles. The number of ether oxygens (including phenoxy) is 1. The normalized spacial score (nSPS) is 10.5. The molecule has 134 valence electrons. The standard InChI is InChI=1S/C19H20ClN5O/c1-11-4-5-12(2)14(8-11)24-18-17(21)19(23-10-22-18)25-15-9-13(20)6-7-16(15)26-3/h4-10H,21H2,1-3H3,(H2,22,23,24,25). The molecule has 0 fully saturated rings. The fourth-order valence-corrected chi connectivity index (χ4v) is 2.67. The second-order valence-electron chi connectivity index (χ2n) is 5.90. The Labute approximate surface area is 157 Å². The first-order valence-corrected chi connectivity index (χ1v) is 8.41. The molecule has 3 aromatic rings. The highest BCUT2D eigenvalue weighted by Crippen LogP contribution is 2.34. The molecule has 0 aliphatic heterocycles. The van der Waals surface area contributed by atoms with Gasteiger partial charge < -0.3 is 21.1 Å². The molecule has 6 nitrogen and oxygen atoms in total. The van der Waals surface area contributed by atoms with E-state index < -0.39 is 0 Å². The Morgan fingerprint density at radius 2 is 1.65 bits per heavy atom. The van der Waals surface area contributed by atoms with Crippen LogP contribution in [0, 0.1) is 13.8 Å². The van der Waals surface area contributed by atoms with Gasteiger partial charge in [-0.2, -0.15) is 0 Å². The SMILES string of the molecule is COc1ccc(Cl)cc1Nc1ncnc(Nc2cc(C)ccc2C)c1N. The van der Waals surface area contributed by atoms with Gasteiger partial charge in [0.2, 0.25) is 0 Å². The van der Waals surface area contributed by atoms with Crippen LogP contribution in [0.2, 0.25) is 5.02 Å². The van der Waals surface area contributed by atoms with Crippen LogP contribution in [0.25, 0.3) is 0 Å². The quantitative estimate of drug-likeness (QED) is 0.597. The van der Waals surface area contributed by atoms with E-state index in [1.807, 2.05) is 26.0 Å². The number of anilines is 5. The molecule has 1 heterocycles. The van der Waals surface area contributed by atoms with E-state index >= 15 is 0 Å². The van der Waals surface area contributed by atoms with Gasteiger partial charge in [0.15, 0.2) is 11.6 Å². The average Bonchev–Trinajstić information content (AvgIpc) is 2.62. The molecular formula is C19H20ClN5O. The van der Waals surface area contributed by atoms with E-state index in [1.165, 1.54) is 6.33 Å². The van der Waals surface area contributed by atoms with Crippen LogP contribution in [0.5, 0.6) is 5.75 Å². The molecule has 0 saturated heterocycles. The van der Waals surface area contributed by atoms with Crippen molar-refractivity contribution in [2.75, 3.05) is 23.5 Å². The maximum absolute atomic E-state index is 6.27. The molecule has 3 rings (SSSR count). The maximum atomic E-state index is 6.27. The molecule has 2 aromatic carbocycles. The van der Waals surface area contributed by atoms with E-state index in [2.05, 4.69) is 26.7 Å². The van der Waals surface area contributed by atoms with Crippen LogP contribution < -0.4 is 21.1 Å². The van der Waals surface area contributed by atoms with Crippen LogP contribution in [0.15, 0.2) is 42.7 Å². The molecule has 0 bridgehead atoms. The molecule has 0 atom stereocenters. The van der Waals surface area contributed by atoms with Crippen molar-refractivity contribution in [2.24, 2.45) is 0 Å². The van der Waals surface area contributed by atoms with E-state index in [0.717, 1.165) is 16.8 Å². The number of methoxy groups -OCH3 is 1. The minimum Gasteiger partial charge on any atom is -0.495 e. The highest BCUT2D eigenvalue weighted by Gasteiger charge is 2.12. The van der Waals surface area contributed by atoms with Gasteiger partial charge in [-0.15, -0.1) is 0 Å². The topological polar surface area (TPSA) is 85.1 Å². The molecule has 0 unspecified atom stereocenters. The number of nitrogens with one attached hydrogen (secondary N) is 2. The van der Waals surface area contributed by atoms with Crippen LogP contribution in [-0.4, -0.2) is 17.1 Å². The van der Waals surface area contributed by atoms with Crippen LogP contribution >= 0.6 is 11.6 Å². The smallest absolute Gasteiger partial charge is 0.159 e. The molecule has 0 amide bonds. The summed E-state index contributed by atoms with van der Waals surface area (Å²) in [5.74, 6) is 1.63. The number of nitrogen functional groups attached to an aromatic ring is 1. The van der Waals surface area contributed by atoms with Crippen molar-refractivity contribution in [2.45, 2.75) is 13.8 Å². The third-order valence-electron chi connectivity index (χ3n) is 3.94. The van der Waals surface area contributed by atoms with Crippen molar-refractivity contribution < 1.29 is 4.74 Å². The van der Waals surface area contributed by atoms with Gasteiger partial charge in [0.05, 0.1) is 12.8 Å². The van der Waals surface area contributed by atoms with Crippen LogP contribution in [0.1, 0.15) is 11.1 Å². The Bertz CT molecular complexity index is 945. The van der Waals surface area contributed by atoms with Gasteiger partial charge in [-0.05, 0) is 49.2 Å². The Kier molecular flexibility index (Phi) is 5.14. The first-order valence-electron chi connectivity index (χ1n) is 8.03. The summed E-state index contributed by atoms with van der Waals surface area (Å²) in [6, 6.07) is 11.4. The number of hydrogen-bond acceptors (Lipinski definition) is 6. The lowest BCUT2D eigenvalue weighted by Crippen LogP contribution is -2.06. The number of nitrogens with zero attached hydrogens (tertiary/aromatic N) is 2. The fourth-order valence-electron chi connectivity index (χ4n) is 2.50. The summed E-state index contributed by atoms with van der Waals surface area (Å²) >= 11 is 6.08. The Balaban J connectivity index is 1.93. The molecule has 4 N–H and O–H groups in total. The van der Waals surface area contributed by atoms with Gasteiger partial charge in [0.25, 0.3) is 0 Å². The zero-order valence-electron chi connectivity index (χ0n) is 14.8. The summed E-state index contributed by atoms with van der Waals surface area (Å²) in [5.41, 5.74) is 10.5. The van der Waals surface area contributed by atoms with Crippen molar-refractivity contribution >= 4 is 40.3 Å². The molecule has 0 saturated carbocycles. The Hall–Kier alpha value is -2.99. The number of rotatable bonds is 5. The zero-order valence-corrected chi connectivity index (χ0v) is 15.6. The Morgan fingerprint density at radius 1 is 0.962 bits per heavy atom. The van der Waals surface area contributed by atoms with Crippen LogP contribution in [-0.2, 0) is 0 Å². The van der Waals surface area contributed by atoms with E-state index in [-0.39, 0.29) is 0 Å². The lowest BCUT2D eigenvalue weighted by Gasteiger charge is -2.15. The summed E-state index contributed by atoms with van der Waals surface area (Å²) in [6.07, 6.45) is 1.45. The van der Waals surface area contributed by atoms with Crippen LogP contribution in [0.3, 0.4) is 0 Å². The minimum absolute atomic E-state index is 0.399. The predicted octanol–water partition coefficient (Wildman–Crippen LogP) is 4.82. The molecule has 0 aliphatic rings. The van der Waals surface area contributed by atoms with Crippen molar-refractivity contribution in [3.63, 3.8) is 0 Å². The molecule has 7 heteroatoms. The summed E-state index contributed by atoms with van der Waals surface area (Å²) in [5, 5.41) is 7.01. The molecule has 0 spiro atoms.